The van der Waals surface area contributed by atoms with Crippen LogP contribution in [0.2, 0.25) is 5.02 Å². The van der Waals surface area contributed by atoms with E-state index in [0.717, 1.165) is 18.4 Å². The van der Waals surface area contributed by atoms with Crippen molar-refractivity contribution in [3.63, 3.8) is 0 Å². The lowest BCUT2D eigenvalue weighted by molar-refractivity contribution is 0.0973. The van der Waals surface area contributed by atoms with Crippen LogP contribution in [-0.4, -0.2) is 48.8 Å². The van der Waals surface area contributed by atoms with E-state index in [1.807, 2.05) is 12.1 Å². The molecule has 3 aromatic heterocycles. The van der Waals surface area contributed by atoms with E-state index in [0.29, 0.717) is 47.3 Å². The fraction of sp³-hybridized carbons (Fsp3) is 0.368. The zero-order chi connectivity index (χ0) is 20.0. The standard InChI is InChI=1S/C19H19ClN6O3/c1-28-10-12-8-22-23-26(12)18-17-19(27)24(9-13-4-3-7-29-13)16-14(20)5-2-6-15(16)25(17)11-21-18/h2,5-6,8,11,13H,3-4,7,9-10H2,1H3. The highest BCUT2D eigenvalue weighted by molar-refractivity contribution is 6.35. The number of hydrogen-bond donors (Lipinski definition) is 0. The number of hydrogen-bond acceptors (Lipinski definition) is 6. The van der Waals surface area contributed by atoms with Crippen molar-refractivity contribution in [1.29, 1.82) is 0 Å². The molecule has 1 atom stereocenters. The predicted molar refractivity (Wildman–Crippen MR) is 107 cm³/mol. The Bertz CT molecular complexity index is 1250. The average Bonchev–Trinajstić information content (AvgIpc) is 3.46. The number of halogens is 1. The molecule has 1 aliphatic heterocycles. The molecule has 150 valence electrons. The van der Waals surface area contributed by atoms with Crippen LogP contribution >= 0.6 is 11.6 Å². The van der Waals surface area contributed by atoms with Gasteiger partial charge in [-0.15, -0.1) is 5.10 Å². The first kappa shape index (κ1) is 18.3. The van der Waals surface area contributed by atoms with Crippen LogP contribution in [0.15, 0.2) is 35.5 Å². The molecule has 1 aliphatic rings. The fourth-order valence-electron chi connectivity index (χ4n) is 3.92. The molecule has 1 unspecified atom stereocenters. The highest BCUT2D eigenvalue weighted by Gasteiger charge is 2.23. The molecule has 0 bridgehead atoms. The molecule has 0 saturated carbocycles. The highest BCUT2D eigenvalue weighted by atomic mass is 35.5. The molecule has 9 nitrogen and oxygen atoms in total. The lowest BCUT2D eigenvalue weighted by atomic mass is 10.2. The van der Waals surface area contributed by atoms with E-state index in [1.165, 1.54) is 4.68 Å². The van der Waals surface area contributed by atoms with Gasteiger partial charge in [0.25, 0.3) is 5.56 Å². The van der Waals surface area contributed by atoms with Crippen LogP contribution in [0.4, 0.5) is 0 Å². The molecule has 5 rings (SSSR count). The van der Waals surface area contributed by atoms with Crippen LogP contribution in [0, 0.1) is 0 Å². The maximum Gasteiger partial charge on any atom is 0.279 e. The lowest BCUT2D eigenvalue weighted by Crippen LogP contribution is -2.29. The minimum atomic E-state index is -0.201. The van der Waals surface area contributed by atoms with E-state index in [2.05, 4.69) is 15.3 Å². The summed E-state index contributed by atoms with van der Waals surface area (Å²) in [4.78, 5) is 18.1. The summed E-state index contributed by atoms with van der Waals surface area (Å²) in [6.07, 6.45) is 5.09. The number of para-hydroxylation sites is 1. The monoisotopic (exact) mass is 414 g/mol. The molecule has 10 heteroatoms. The first-order valence-corrected chi connectivity index (χ1v) is 9.75. The third-order valence-electron chi connectivity index (χ3n) is 5.21. The van der Waals surface area contributed by atoms with Crippen molar-refractivity contribution in [3.05, 3.63) is 51.8 Å². The molecule has 29 heavy (non-hydrogen) atoms. The third-order valence-corrected chi connectivity index (χ3v) is 5.52. The summed E-state index contributed by atoms with van der Waals surface area (Å²) in [5.74, 6) is 0.405. The normalized spacial score (nSPS) is 17.0. The number of rotatable bonds is 5. The van der Waals surface area contributed by atoms with E-state index < -0.39 is 0 Å². The van der Waals surface area contributed by atoms with Gasteiger partial charge in [-0.1, -0.05) is 22.9 Å². The molecule has 0 radical (unpaired) electrons. The van der Waals surface area contributed by atoms with Crippen molar-refractivity contribution in [2.24, 2.45) is 0 Å². The minimum absolute atomic E-state index is 0.0172. The zero-order valence-corrected chi connectivity index (χ0v) is 16.5. The first-order valence-electron chi connectivity index (χ1n) is 9.37. The summed E-state index contributed by atoms with van der Waals surface area (Å²) in [5, 5.41) is 8.57. The van der Waals surface area contributed by atoms with Gasteiger partial charge in [0, 0.05) is 13.7 Å². The van der Waals surface area contributed by atoms with E-state index in [1.54, 1.807) is 34.7 Å². The molecule has 0 N–H and O–H groups in total. The lowest BCUT2D eigenvalue weighted by Gasteiger charge is -2.17. The van der Waals surface area contributed by atoms with Crippen LogP contribution in [0.3, 0.4) is 0 Å². The number of imidazole rings is 1. The van der Waals surface area contributed by atoms with Gasteiger partial charge in [-0.25, -0.2) is 4.98 Å². The second-order valence-electron chi connectivity index (χ2n) is 7.02. The Morgan fingerprint density at radius 1 is 1.34 bits per heavy atom. The first-order chi connectivity index (χ1) is 14.2. The van der Waals surface area contributed by atoms with Gasteiger partial charge in [0.1, 0.15) is 6.33 Å². The molecule has 1 fully saturated rings. The predicted octanol–water partition coefficient (Wildman–Crippen LogP) is 2.21. The second kappa shape index (κ2) is 7.25. The summed E-state index contributed by atoms with van der Waals surface area (Å²) in [5.41, 5.74) is 2.36. The SMILES string of the molecule is COCc1cnnn1-c1ncn2c1c(=O)n(CC1CCCO1)c1c(Cl)cccc12. The number of aromatic nitrogens is 6. The maximum absolute atomic E-state index is 13.6. The van der Waals surface area contributed by atoms with Crippen molar-refractivity contribution in [2.45, 2.75) is 32.1 Å². The molecule has 0 spiro atoms. The summed E-state index contributed by atoms with van der Waals surface area (Å²) in [7, 11) is 1.59. The van der Waals surface area contributed by atoms with Crippen molar-refractivity contribution in [2.75, 3.05) is 13.7 Å². The topological polar surface area (TPSA) is 88.5 Å². The van der Waals surface area contributed by atoms with Gasteiger partial charge in [0.15, 0.2) is 11.3 Å². The number of ether oxygens (including phenoxy) is 2. The Morgan fingerprint density at radius 3 is 3.03 bits per heavy atom. The van der Waals surface area contributed by atoms with Crippen LogP contribution < -0.4 is 5.56 Å². The third kappa shape index (κ3) is 2.93. The van der Waals surface area contributed by atoms with Crippen LogP contribution in [0.1, 0.15) is 18.5 Å². The summed E-state index contributed by atoms with van der Waals surface area (Å²) in [6, 6.07) is 5.56. The maximum atomic E-state index is 13.6. The quantitative estimate of drug-likeness (QED) is 0.497. The molecular weight excluding hydrogens is 396 g/mol. The number of benzene rings is 1. The van der Waals surface area contributed by atoms with Gasteiger partial charge in [0.05, 0.1) is 47.2 Å². The van der Waals surface area contributed by atoms with Gasteiger partial charge >= 0.3 is 0 Å². The molecule has 1 aromatic carbocycles. The Kier molecular flexibility index (Phi) is 4.57. The smallest absolute Gasteiger partial charge is 0.279 e. The van der Waals surface area contributed by atoms with E-state index in [9.17, 15) is 4.79 Å². The number of methoxy groups -OCH3 is 1. The van der Waals surface area contributed by atoms with Gasteiger partial charge in [-0.3, -0.25) is 9.20 Å². The average molecular weight is 415 g/mol. The summed E-state index contributed by atoms with van der Waals surface area (Å²) >= 11 is 6.51. The Hall–Kier alpha value is -2.75. The van der Waals surface area contributed by atoms with E-state index in [-0.39, 0.29) is 11.7 Å². The minimum Gasteiger partial charge on any atom is -0.378 e. The Labute approximate surface area is 170 Å². The number of fused-ring (bicyclic) bond motifs is 3. The zero-order valence-electron chi connectivity index (χ0n) is 15.8. The molecule has 0 amide bonds. The molecule has 4 heterocycles. The Morgan fingerprint density at radius 2 is 2.24 bits per heavy atom. The molecule has 4 aromatic rings. The van der Waals surface area contributed by atoms with E-state index >= 15 is 0 Å². The number of nitrogens with zero attached hydrogens (tertiary/aromatic N) is 6. The second-order valence-corrected chi connectivity index (χ2v) is 7.42. The van der Waals surface area contributed by atoms with Crippen LogP contribution in [0.25, 0.3) is 22.4 Å². The van der Waals surface area contributed by atoms with Crippen molar-refractivity contribution >= 4 is 28.2 Å². The highest BCUT2D eigenvalue weighted by Crippen LogP contribution is 2.26. The molecule has 0 aliphatic carbocycles. The van der Waals surface area contributed by atoms with Crippen LogP contribution in [0.5, 0.6) is 0 Å². The van der Waals surface area contributed by atoms with Crippen molar-refractivity contribution < 1.29 is 9.47 Å². The van der Waals surface area contributed by atoms with Crippen molar-refractivity contribution in [3.8, 4) is 5.82 Å². The van der Waals surface area contributed by atoms with E-state index in [4.69, 9.17) is 21.1 Å². The van der Waals surface area contributed by atoms with Gasteiger partial charge in [-0.05, 0) is 25.0 Å². The van der Waals surface area contributed by atoms with Gasteiger partial charge < -0.3 is 14.0 Å². The molecular formula is C19H19ClN6O3. The Balaban J connectivity index is 1.81. The molecule has 1 saturated heterocycles. The fourth-order valence-corrected chi connectivity index (χ4v) is 4.19. The van der Waals surface area contributed by atoms with Crippen LogP contribution in [-0.2, 0) is 22.6 Å². The summed E-state index contributed by atoms with van der Waals surface area (Å²) < 4.78 is 16.0. The van der Waals surface area contributed by atoms with Gasteiger partial charge in [0.2, 0.25) is 0 Å². The summed E-state index contributed by atoms with van der Waals surface area (Å²) in [6.45, 7) is 1.45. The van der Waals surface area contributed by atoms with Gasteiger partial charge in [-0.2, -0.15) is 4.68 Å². The van der Waals surface area contributed by atoms with Crippen molar-refractivity contribution in [1.82, 2.24) is 28.9 Å². The largest absolute Gasteiger partial charge is 0.378 e.